The molecule has 4 aromatic rings. The average molecular weight is 563 g/mol. The number of unbranched alkanes of at least 4 members (excludes halogenated alkanes) is 2. The molecular weight excluding hydrogens is 528 g/mol. The van der Waals surface area contributed by atoms with Crippen molar-refractivity contribution in [1.29, 1.82) is 0 Å². The standard InChI is InChI=1S/C34H35Si.Zr/c1-3-17-29-27(13-1)23-33-25(15-9-19-31(29)33)11-5-7-21-35-22-8-6-12-26-16-10-20-32-30-18-4-2-14-28(30)24-34(26)32;/h1-4,9-10,13-20,35H,5-8,11-12,21-24H2;. The first-order valence-electron chi connectivity index (χ1n) is 13.9. The quantitative estimate of drug-likeness (QED) is 0.116. The maximum absolute atomic E-state index is 2.39. The number of hydrogen-bond donors (Lipinski definition) is 0. The van der Waals surface area contributed by atoms with E-state index in [-0.39, 0.29) is 0 Å². The van der Waals surface area contributed by atoms with Crippen molar-refractivity contribution in [2.24, 2.45) is 0 Å². The van der Waals surface area contributed by atoms with Crippen LogP contribution in [0.15, 0.2) is 84.9 Å². The summed E-state index contributed by atoms with van der Waals surface area (Å²) in [6, 6.07) is 35.0. The summed E-state index contributed by atoms with van der Waals surface area (Å²) in [5.74, 6) is -0.495. The van der Waals surface area contributed by atoms with E-state index in [1.807, 2.05) is 23.9 Å². The summed E-state index contributed by atoms with van der Waals surface area (Å²) in [5, 5.41) is 0. The van der Waals surface area contributed by atoms with Crippen LogP contribution in [0.3, 0.4) is 0 Å². The molecule has 0 radical (unpaired) electrons. The number of hydrogen-bond acceptors (Lipinski definition) is 0. The van der Waals surface area contributed by atoms with Crippen molar-refractivity contribution < 1.29 is 23.9 Å². The summed E-state index contributed by atoms with van der Waals surface area (Å²) in [6.45, 7) is 0. The molecule has 2 aliphatic carbocycles. The summed E-state index contributed by atoms with van der Waals surface area (Å²) >= 11 is 1.87. The van der Waals surface area contributed by atoms with Crippen LogP contribution in [-0.2, 0) is 49.6 Å². The second kappa shape index (κ2) is 11.2. The van der Waals surface area contributed by atoms with Gasteiger partial charge in [0.15, 0.2) is 0 Å². The van der Waals surface area contributed by atoms with E-state index >= 15 is 0 Å². The Morgan fingerprint density at radius 2 is 0.944 bits per heavy atom. The molecule has 0 atom stereocenters. The zero-order valence-corrected chi connectivity index (χ0v) is 24.8. The van der Waals surface area contributed by atoms with Crippen LogP contribution in [0.2, 0.25) is 12.1 Å². The van der Waals surface area contributed by atoms with Crippen LogP contribution in [0.5, 0.6) is 0 Å². The van der Waals surface area contributed by atoms with Gasteiger partial charge in [0, 0.05) is 0 Å². The van der Waals surface area contributed by atoms with Gasteiger partial charge in [0.05, 0.1) is 0 Å². The molecule has 0 unspecified atom stereocenters. The van der Waals surface area contributed by atoms with E-state index in [1.54, 1.807) is 34.3 Å². The first-order valence-corrected chi connectivity index (χ1v) is 20.3. The van der Waals surface area contributed by atoms with Crippen molar-refractivity contribution in [3.05, 3.63) is 118 Å². The van der Waals surface area contributed by atoms with Gasteiger partial charge in [0.1, 0.15) is 0 Å². The van der Waals surface area contributed by atoms with Gasteiger partial charge < -0.3 is 0 Å². The number of benzene rings is 4. The van der Waals surface area contributed by atoms with Gasteiger partial charge in [-0.05, 0) is 0 Å². The minimum atomic E-state index is -0.495. The molecule has 0 saturated carbocycles. The molecule has 0 N–H and O–H groups in total. The molecule has 0 amide bonds. The normalized spacial score (nSPS) is 12.9. The van der Waals surface area contributed by atoms with Gasteiger partial charge >= 0.3 is 234 Å². The number of rotatable bonds is 10. The summed E-state index contributed by atoms with van der Waals surface area (Å²) in [6.07, 6.45) is 10.4. The summed E-state index contributed by atoms with van der Waals surface area (Å²) in [7, 11) is 0. The van der Waals surface area contributed by atoms with Crippen LogP contribution in [0.25, 0.3) is 22.3 Å². The number of fused-ring (bicyclic) bond motifs is 6. The fourth-order valence-electron chi connectivity index (χ4n) is 6.47. The van der Waals surface area contributed by atoms with Crippen molar-refractivity contribution in [3.8, 4) is 22.3 Å². The van der Waals surface area contributed by atoms with Crippen molar-refractivity contribution in [3.63, 3.8) is 0 Å². The molecular formula is C34H35SiZr. The molecule has 0 heterocycles. The predicted octanol–water partition coefficient (Wildman–Crippen LogP) is 8.45. The van der Waals surface area contributed by atoms with E-state index in [9.17, 15) is 0 Å². The van der Waals surface area contributed by atoms with Crippen LogP contribution in [0, 0.1) is 0 Å². The summed E-state index contributed by atoms with van der Waals surface area (Å²) in [5.41, 5.74) is 15.3. The van der Waals surface area contributed by atoms with E-state index in [0.717, 1.165) is 12.8 Å². The molecule has 0 nitrogen and oxygen atoms in total. The molecule has 0 fully saturated rings. The van der Waals surface area contributed by atoms with Crippen LogP contribution in [0.1, 0.15) is 59.1 Å². The Balaban J connectivity index is 0.935. The third-order valence-electron chi connectivity index (χ3n) is 8.39. The molecule has 6 rings (SSSR count). The SMILES string of the molecule is [Zr][SiH](CCCCc1cccc2c1Cc1ccccc1-2)CCCCc1cccc2c1Cc1ccccc1-2. The van der Waals surface area contributed by atoms with Gasteiger partial charge in [-0.3, -0.25) is 0 Å². The van der Waals surface area contributed by atoms with E-state index < -0.39 is 5.92 Å². The Hall–Kier alpha value is -2.02. The molecule has 0 aromatic heterocycles. The average Bonchev–Trinajstić information content (AvgIpc) is 3.48. The first-order chi connectivity index (χ1) is 17.8. The topological polar surface area (TPSA) is 0 Å². The van der Waals surface area contributed by atoms with Crippen LogP contribution >= 0.6 is 0 Å². The maximum atomic E-state index is 2.39. The van der Waals surface area contributed by atoms with Crippen LogP contribution in [-0.4, -0.2) is 5.92 Å². The molecule has 0 spiro atoms. The molecule has 2 heteroatoms. The van der Waals surface area contributed by atoms with Gasteiger partial charge in [-0.15, -0.1) is 0 Å². The van der Waals surface area contributed by atoms with Crippen molar-refractivity contribution in [2.45, 2.75) is 63.5 Å². The van der Waals surface area contributed by atoms with E-state index in [4.69, 9.17) is 0 Å². The molecule has 0 bridgehead atoms. The Morgan fingerprint density at radius 3 is 1.44 bits per heavy atom. The summed E-state index contributed by atoms with van der Waals surface area (Å²) in [4.78, 5) is 0. The molecule has 2 aliphatic rings. The van der Waals surface area contributed by atoms with Gasteiger partial charge in [0.2, 0.25) is 0 Å². The van der Waals surface area contributed by atoms with Crippen molar-refractivity contribution in [1.82, 2.24) is 0 Å². The van der Waals surface area contributed by atoms with Gasteiger partial charge in [-0.2, -0.15) is 0 Å². The molecule has 179 valence electrons. The van der Waals surface area contributed by atoms with Gasteiger partial charge in [-0.25, -0.2) is 0 Å². The summed E-state index contributed by atoms with van der Waals surface area (Å²) < 4.78 is 0. The first kappa shape index (κ1) is 24.3. The molecule has 36 heavy (non-hydrogen) atoms. The second-order valence-electron chi connectivity index (χ2n) is 10.7. The van der Waals surface area contributed by atoms with E-state index in [1.165, 1.54) is 71.9 Å². The van der Waals surface area contributed by atoms with Gasteiger partial charge in [-0.1, -0.05) is 0 Å². The predicted molar refractivity (Wildman–Crippen MR) is 152 cm³/mol. The molecule has 0 saturated heterocycles. The molecule has 0 aliphatic heterocycles. The Labute approximate surface area is 232 Å². The molecule has 4 aromatic carbocycles. The zero-order chi connectivity index (χ0) is 24.3. The number of aryl methyl sites for hydroxylation is 2. The zero-order valence-electron chi connectivity index (χ0n) is 21.2. The van der Waals surface area contributed by atoms with Crippen molar-refractivity contribution >= 4 is 5.92 Å². The van der Waals surface area contributed by atoms with Crippen LogP contribution in [0.4, 0.5) is 0 Å². The Morgan fingerprint density at radius 1 is 0.500 bits per heavy atom. The monoisotopic (exact) mass is 561 g/mol. The van der Waals surface area contributed by atoms with Crippen molar-refractivity contribution in [2.75, 3.05) is 0 Å². The van der Waals surface area contributed by atoms with Gasteiger partial charge in [0.25, 0.3) is 0 Å². The van der Waals surface area contributed by atoms with E-state index in [2.05, 4.69) is 84.9 Å². The second-order valence-corrected chi connectivity index (χ2v) is 19.3. The van der Waals surface area contributed by atoms with Crippen LogP contribution < -0.4 is 0 Å². The Kier molecular flexibility index (Phi) is 7.54. The third-order valence-corrected chi connectivity index (χ3v) is 14.9. The minimum absolute atomic E-state index is 0.495. The Bertz CT molecular complexity index is 1270. The van der Waals surface area contributed by atoms with E-state index in [0.29, 0.717) is 0 Å². The fraction of sp³-hybridized carbons (Fsp3) is 0.294. The third kappa shape index (κ3) is 5.05. The fourth-order valence-corrected chi connectivity index (χ4v) is 11.3.